The minimum Gasteiger partial charge on any atom is -0.485 e. The first kappa shape index (κ1) is 22.7. The molecule has 172 valence electrons. The van der Waals surface area contributed by atoms with Crippen molar-refractivity contribution in [2.24, 2.45) is 7.05 Å². The number of para-hydroxylation sites is 2. The Morgan fingerprint density at radius 2 is 1.85 bits per heavy atom. The zero-order chi connectivity index (χ0) is 23.2. The van der Waals surface area contributed by atoms with Crippen LogP contribution in [0.25, 0.3) is 0 Å². The van der Waals surface area contributed by atoms with Gasteiger partial charge in [-0.25, -0.2) is 0 Å². The van der Waals surface area contributed by atoms with Crippen LogP contribution < -0.4 is 25.1 Å². The van der Waals surface area contributed by atoms with Crippen LogP contribution in [0.15, 0.2) is 53.7 Å². The van der Waals surface area contributed by atoms with Crippen LogP contribution in [0, 0.1) is 0 Å². The lowest BCUT2D eigenvalue weighted by atomic mass is 10.2. The number of benzene rings is 2. The lowest BCUT2D eigenvalue weighted by molar-refractivity contribution is -0.128. The Morgan fingerprint density at radius 3 is 2.64 bits per heavy atom. The zero-order valence-electron chi connectivity index (χ0n) is 17.5. The van der Waals surface area contributed by atoms with E-state index in [0.717, 1.165) is 0 Å². The van der Waals surface area contributed by atoms with Crippen LogP contribution in [0.3, 0.4) is 0 Å². The van der Waals surface area contributed by atoms with Crippen LogP contribution in [-0.4, -0.2) is 45.5 Å². The van der Waals surface area contributed by atoms with E-state index in [1.807, 2.05) is 24.3 Å². The Balaban J connectivity index is 1.22. The minimum atomic E-state index is -0.501. The molecular formula is C21H20ClN5O5S. The number of nitrogens with zero attached hydrogens (tertiary/aromatic N) is 3. The van der Waals surface area contributed by atoms with Crippen molar-refractivity contribution in [2.75, 3.05) is 19.0 Å². The molecule has 1 aliphatic rings. The number of thioether (sulfide) groups is 1. The molecule has 1 aliphatic heterocycles. The van der Waals surface area contributed by atoms with Crippen molar-refractivity contribution in [2.45, 2.75) is 11.3 Å². The van der Waals surface area contributed by atoms with Gasteiger partial charge in [0.2, 0.25) is 5.91 Å². The lowest BCUT2D eigenvalue weighted by Gasteiger charge is -2.25. The second-order valence-corrected chi connectivity index (χ2v) is 8.27. The maximum Gasteiger partial charge on any atom is 0.276 e. The van der Waals surface area contributed by atoms with E-state index in [-0.39, 0.29) is 12.4 Å². The first-order valence-corrected chi connectivity index (χ1v) is 11.2. The highest BCUT2D eigenvalue weighted by atomic mass is 35.5. The van der Waals surface area contributed by atoms with E-state index in [4.69, 9.17) is 25.8 Å². The van der Waals surface area contributed by atoms with E-state index in [1.54, 1.807) is 35.9 Å². The average molecular weight is 490 g/mol. The highest BCUT2D eigenvalue weighted by molar-refractivity contribution is 7.99. The van der Waals surface area contributed by atoms with Gasteiger partial charge in [-0.15, -0.1) is 10.2 Å². The Bertz CT molecular complexity index is 1140. The lowest BCUT2D eigenvalue weighted by Crippen LogP contribution is -2.44. The number of hydrogen-bond donors (Lipinski definition) is 2. The van der Waals surface area contributed by atoms with Crippen LogP contribution >= 0.6 is 23.4 Å². The van der Waals surface area contributed by atoms with Gasteiger partial charge in [0.1, 0.15) is 12.4 Å². The number of carbonyl (C=O) groups is 2. The van der Waals surface area contributed by atoms with E-state index in [1.165, 1.54) is 11.8 Å². The number of hydrazine groups is 1. The molecule has 4 rings (SSSR count). The number of fused-ring (bicyclic) bond motifs is 1. The SMILES string of the molecule is Cn1c(SCC(=O)NNC(=O)COc2ccc(Cl)cc2)nnc1C1COc2ccccc2O1. The summed E-state index contributed by atoms with van der Waals surface area (Å²) >= 11 is 6.97. The number of halogens is 1. The number of hydrogen-bond acceptors (Lipinski definition) is 8. The van der Waals surface area contributed by atoms with E-state index < -0.39 is 17.9 Å². The normalized spacial score (nSPS) is 14.4. The summed E-state index contributed by atoms with van der Waals surface area (Å²) in [6.45, 7) is 0.0482. The highest BCUT2D eigenvalue weighted by Gasteiger charge is 2.27. The highest BCUT2D eigenvalue weighted by Crippen LogP contribution is 2.35. The summed E-state index contributed by atoms with van der Waals surface area (Å²) in [5.74, 6) is 1.51. The summed E-state index contributed by atoms with van der Waals surface area (Å²) < 4.78 is 18.7. The van der Waals surface area contributed by atoms with E-state index in [2.05, 4.69) is 21.0 Å². The summed E-state index contributed by atoms with van der Waals surface area (Å²) in [5, 5.41) is 9.40. The standard InChI is InChI=1S/C21H20ClN5O5S/c1-27-20(17-10-31-15-4-2-3-5-16(15)32-17)25-26-21(27)33-12-19(29)24-23-18(28)11-30-14-8-6-13(22)7-9-14/h2-9,17H,10-12H2,1H3,(H,23,28)(H,24,29). The van der Waals surface area contributed by atoms with Gasteiger partial charge in [0.25, 0.3) is 5.91 Å². The maximum absolute atomic E-state index is 12.1. The zero-order valence-corrected chi connectivity index (χ0v) is 19.1. The van der Waals surface area contributed by atoms with Crippen molar-refractivity contribution in [1.29, 1.82) is 0 Å². The summed E-state index contributed by atoms with van der Waals surface area (Å²) in [5.41, 5.74) is 4.64. The van der Waals surface area contributed by atoms with Gasteiger partial charge in [-0.05, 0) is 36.4 Å². The van der Waals surface area contributed by atoms with Gasteiger partial charge < -0.3 is 18.8 Å². The third kappa shape index (κ3) is 5.88. The molecule has 0 saturated carbocycles. The molecule has 0 spiro atoms. The molecular weight excluding hydrogens is 470 g/mol. The predicted octanol–water partition coefficient (Wildman–Crippen LogP) is 2.30. The predicted molar refractivity (Wildman–Crippen MR) is 120 cm³/mol. The monoisotopic (exact) mass is 489 g/mol. The van der Waals surface area contributed by atoms with Gasteiger partial charge in [-0.3, -0.25) is 20.4 Å². The van der Waals surface area contributed by atoms with E-state index >= 15 is 0 Å². The first-order valence-electron chi connectivity index (χ1n) is 9.86. The molecule has 0 aliphatic carbocycles. The third-order valence-electron chi connectivity index (χ3n) is 4.52. The Kier molecular flexibility index (Phi) is 7.20. The molecule has 1 aromatic heterocycles. The quantitative estimate of drug-likeness (QED) is 0.383. The smallest absolute Gasteiger partial charge is 0.276 e. The fourth-order valence-electron chi connectivity index (χ4n) is 2.90. The molecule has 2 heterocycles. The molecule has 0 fully saturated rings. The van der Waals surface area contributed by atoms with Crippen molar-refractivity contribution in [3.05, 3.63) is 59.4 Å². The van der Waals surface area contributed by atoms with Gasteiger partial charge in [-0.1, -0.05) is 35.5 Å². The van der Waals surface area contributed by atoms with Gasteiger partial charge in [0.15, 0.2) is 35.2 Å². The van der Waals surface area contributed by atoms with Crippen molar-refractivity contribution < 1.29 is 23.8 Å². The average Bonchev–Trinajstić information content (AvgIpc) is 3.20. The Morgan fingerprint density at radius 1 is 1.12 bits per heavy atom. The molecule has 0 radical (unpaired) electrons. The van der Waals surface area contributed by atoms with Crippen LogP contribution in [0.2, 0.25) is 5.02 Å². The molecule has 1 unspecified atom stereocenters. The second kappa shape index (κ2) is 10.5. The molecule has 10 nitrogen and oxygen atoms in total. The fourth-order valence-corrected chi connectivity index (χ4v) is 3.74. The van der Waals surface area contributed by atoms with Crippen LogP contribution in [0.1, 0.15) is 11.9 Å². The van der Waals surface area contributed by atoms with E-state index in [9.17, 15) is 9.59 Å². The van der Waals surface area contributed by atoms with E-state index in [0.29, 0.717) is 39.9 Å². The molecule has 2 N–H and O–H groups in total. The molecule has 3 aromatic rings. The van der Waals surface area contributed by atoms with Crippen molar-refractivity contribution in [3.63, 3.8) is 0 Å². The molecule has 1 atom stereocenters. The number of nitrogens with one attached hydrogen (secondary N) is 2. The van der Waals surface area contributed by atoms with Gasteiger partial charge in [0, 0.05) is 12.1 Å². The fraction of sp³-hybridized carbons (Fsp3) is 0.238. The number of ether oxygens (including phenoxy) is 3. The topological polar surface area (TPSA) is 117 Å². The molecule has 2 aromatic carbocycles. The Labute approximate surface area is 198 Å². The molecule has 12 heteroatoms. The van der Waals surface area contributed by atoms with Crippen LogP contribution in [-0.2, 0) is 16.6 Å². The molecule has 33 heavy (non-hydrogen) atoms. The molecule has 0 bridgehead atoms. The summed E-state index contributed by atoms with van der Waals surface area (Å²) in [4.78, 5) is 23.9. The third-order valence-corrected chi connectivity index (χ3v) is 5.79. The van der Waals surface area contributed by atoms with Gasteiger partial charge in [-0.2, -0.15) is 0 Å². The van der Waals surface area contributed by atoms with Crippen molar-refractivity contribution in [3.8, 4) is 17.2 Å². The summed E-state index contributed by atoms with van der Waals surface area (Å²) in [6, 6.07) is 14.0. The molecule has 0 saturated heterocycles. The Hall–Kier alpha value is -3.44. The minimum absolute atomic E-state index is 0.0230. The number of amides is 2. The summed E-state index contributed by atoms with van der Waals surface area (Å²) in [7, 11) is 1.79. The van der Waals surface area contributed by atoms with Crippen LogP contribution in [0.5, 0.6) is 17.2 Å². The maximum atomic E-state index is 12.1. The number of carbonyl (C=O) groups excluding carboxylic acids is 2. The number of rotatable bonds is 7. The van der Waals surface area contributed by atoms with Gasteiger partial charge >= 0.3 is 0 Å². The van der Waals surface area contributed by atoms with Gasteiger partial charge in [0.05, 0.1) is 5.75 Å². The second-order valence-electron chi connectivity index (χ2n) is 6.89. The molecule has 2 amide bonds. The first-order chi connectivity index (χ1) is 16.0. The van der Waals surface area contributed by atoms with Crippen molar-refractivity contribution >= 4 is 35.2 Å². The van der Waals surface area contributed by atoms with Crippen molar-refractivity contribution in [1.82, 2.24) is 25.6 Å². The summed E-state index contributed by atoms with van der Waals surface area (Å²) in [6.07, 6.45) is -0.416. The number of aromatic nitrogens is 3. The largest absolute Gasteiger partial charge is 0.485 e. The van der Waals surface area contributed by atoms with Crippen LogP contribution in [0.4, 0.5) is 0 Å².